The minimum atomic E-state index is -3.00. The van der Waals surface area contributed by atoms with Crippen molar-refractivity contribution in [3.05, 3.63) is 0 Å². The first-order valence-electron chi connectivity index (χ1n) is 10.2. The SMILES string of the molecule is CCO[Si](CCCNC(=O)OC[Si](OCC)(OCC)OCC)(OCC)OCC. The lowest BCUT2D eigenvalue weighted by atomic mass is 10.5. The van der Waals surface area contributed by atoms with Crippen LogP contribution in [0.4, 0.5) is 4.79 Å². The standard InChI is InChI=1S/C17H39NO8Si2/c1-7-21-27(22-8-2,23-9-3)15-13-14-18-17(19)20-16-28(24-10-4,25-11-5)26-12-6/h7-16H2,1-6H3,(H,18,19). The van der Waals surface area contributed by atoms with Gasteiger partial charge in [0.1, 0.15) is 0 Å². The number of nitrogens with one attached hydrogen (secondary N) is 1. The van der Waals surface area contributed by atoms with E-state index < -0.39 is 23.7 Å². The first-order valence-corrected chi connectivity index (χ1v) is 14.1. The maximum absolute atomic E-state index is 12.0. The Bertz CT molecular complexity index is 369. The van der Waals surface area contributed by atoms with Gasteiger partial charge in [0.05, 0.1) is 0 Å². The zero-order valence-corrected chi connectivity index (χ0v) is 20.3. The topological polar surface area (TPSA) is 93.7 Å². The second-order valence-corrected chi connectivity index (χ2v) is 10.8. The van der Waals surface area contributed by atoms with Crippen molar-refractivity contribution in [1.29, 1.82) is 0 Å². The minimum absolute atomic E-state index is 0.0239. The molecule has 0 saturated heterocycles. The Labute approximate surface area is 172 Å². The highest BCUT2D eigenvalue weighted by molar-refractivity contribution is 6.61. The van der Waals surface area contributed by atoms with E-state index in [2.05, 4.69) is 5.32 Å². The molecule has 11 heteroatoms. The third-order valence-corrected chi connectivity index (χ3v) is 9.33. The summed E-state index contributed by atoms with van der Waals surface area (Å²) in [6, 6.07) is 0.623. The van der Waals surface area contributed by atoms with Gasteiger partial charge in [0.2, 0.25) is 0 Å². The highest BCUT2D eigenvalue weighted by atomic mass is 28.4. The summed E-state index contributed by atoms with van der Waals surface area (Å²) < 4.78 is 39.7. The van der Waals surface area contributed by atoms with Crippen LogP contribution in [0.3, 0.4) is 0 Å². The van der Waals surface area contributed by atoms with Crippen LogP contribution in [0.5, 0.6) is 0 Å². The first-order chi connectivity index (χ1) is 13.5. The molecule has 0 aromatic rings. The highest BCUT2D eigenvalue weighted by Crippen LogP contribution is 2.18. The van der Waals surface area contributed by atoms with Gasteiger partial charge < -0.3 is 36.6 Å². The van der Waals surface area contributed by atoms with Crippen LogP contribution in [0.15, 0.2) is 0 Å². The van der Waals surface area contributed by atoms with Crippen LogP contribution >= 0.6 is 0 Å². The Morgan fingerprint density at radius 2 is 1.07 bits per heavy atom. The van der Waals surface area contributed by atoms with E-state index >= 15 is 0 Å². The van der Waals surface area contributed by atoms with E-state index in [1.165, 1.54) is 0 Å². The molecule has 28 heavy (non-hydrogen) atoms. The summed E-state index contributed by atoms with van der Waals surface area (Å²) >= 11 is 0. The molecule has 0 unspecified atom stereocenters. The lowest BCUT2D eigenvalue weighted by Crippen LogP contribution is -2.52. The number of rotatable bonds is 18. The molecule has 0 fully saturated rings. The second-order valence-electron chi connectivity index (χ2n) is 5.57. The van der Waals surface area contributed by atoms with Crippen molar-refractivity contribution >= 4 is 23.7 Å². The van der Waals surface area contributed by atoms with E-state index in [-0.39, 0.29) is 6.23 Å². The van der Waals surface area contributed by atoms with Crippen molar-refractivity contribution in [2.24, 2.45) is 0 Å². The van der Waals surface area contributed by atoms with Gasteiger partial charge in [0, 0.05) is 52.2 Å². The summed E-state index contributed by atoms with van der Waals surface area (Å²) in [5.41, 5.74) is 0. The van der Waals surface area contributed by atoms with Gasteiger partial charge in [-0.1, -0.05) is 0 Å². The van der Waals surface area contributed by atoms with E-state index in [0.717, 1.165) is 0 Å². The predicted molar refractivity (Wildman–Crippen MR) is 110 cm³/mol. The molecule has 0 atom stereocenters. The monoisotopic (exact) mass is 441 g/mol. The Morgan fingerprint density at radius 3 is 1.46 bits per heavy atom. The number of hydrogen-bond donors (Lipinski definition) is 1. The van der Waals surface area contributed by atoms with Crippen LogP contribution in [0.1, 0.15) is 48.0 Å². The lowest BCUT2D eigenvalue weighted by molar-refractivity contribution is 0.0436. The number of alkyl carbamates (subject to hydrolysis) is 1. The summed E-state index contributed by atoms with van der Waals surface area (Å²) in [7, 11) is -5.70. The molecule has 0 heterocycles. The summed E-state index contributed by atoms with van der Waals surface area (Å²) in [6.07, 6.45) is 0.100. The molecular formula is C17H39NO8Si2. The van der Waals surface area contributed by atoms with Crippen molar-refractivity contribution in [2.75, 3.05) is 52.4 Å². The van der Waals surface area contributed by atoms with Gasteiger partial charge in [0.25, 0.3) is 0 Å². The van der Waals surface area contributed by atoms with E-state index in [9.17, 15) is 4.79 Å². The van der Waals surface area contributed by atoms with Crippen LogP contribution in [0, 0.1) is 0 Å². The van der Waals surface area contributed by atoms with Gasteiger partial charge in [-0.15, -0.1) is 0 Å². The number of hydrogen-bond acceptors (Lipinski definition) is 8. The summed E-state index contributed by atoms with van der Waals surface area (Å²) in [4.78, 5) is 12.0. The molecule has 1 amide bonds. The van der Waals surface area contributed by atoms with Gasteiger partial charge in [-0.2, -0.15) is 0 Å². The molecule has 0 aliphatic carbocycles. The molecule has 0 rings (SSSR count). The molecule has 0 bridgehead atoms. The molecule has 1 N–H and O–H groups in total. The zero-order valence-electron chi connectivity index (χ0n) is 18.3. The highest BCUT2D eigenvalue weighted by Gasteiger charge is 2.43. The maximum atomic E-state index is 12.0. The number of ether oxygens (including phenoxy) is 1. The largest absolute Gasteiger partial charge is 0.540 e. The quantitative estimate of drug-likeness (QED) is 0.256. The molecule has 168 valence electrons. The van der Waals surface area contributed by atoms with E-state index in [1.807, 2.05) is 41.5 Å². The summed E-state index contributed by atoms with van der Waals surface area (Å²) in [6.45, 7) is 14.6. The van der Waals surface area contributed by atoms with Gasteiger partial charge in [-0.05, 0) is 48.0 Å². The molecule has 0 aromatic heterocycles. The number of carbonyl (C=O) groups excluding carboxylic acids is 1. The molecule has 0 spiro atoms. The van der Waals surface area contributed by atoms with Crippen molar-refractivity contribution in [3.8, 4) is 0 Å². The molecule has 9 nitrogen and oxygen atoms in total. The van der Waals surface area contributed by atoms with E-state index in [0.29, 0.717) is 58.7 Å². The van der Waals surface area contributed by atoms with Crippen LogP contribution < -0.4 is 5.32 Å². The smallest absolute Gasteiger partial charge is 0.445 e. The van der Waals surface area contributed by atoms with Gasteiger partial charge in [-0.25, -0.2) is 4.79 Å². The molecule has 0 aromatic carbocycles. The molecule has 0 aliphatic rings. The van der Waals surface area contributed by atoms with Crippen LogP contribution in [0.2, 0.25) is 6.04 Å². The Kier molecular flexibility index (Phi) is 16.0. The van der Waals surface area contributed by atoms with Crippen molar-refractivity contribution < 1.29 is 36.1 Å². The van der Waals surface area contributed by atoms with Crippen molar-refractivity contribution in [3.63, 3.8) is 0 Å². The Balaban J connectivity index is 4.48. The minimum Gasteiger partial charge on any atom is -0.445 e. The zero-order chi connectivity index (χ0) is 21.3. The average molecular weight is 442 g/mol. The van der Waals surface area contributed by atoms with Crippen LogP contribution in [0.25, 0.3) is 0 Å². The fourth-order valence-electron chi connectivity index (χ4n) is 2.61. The fraction of sp³-hybridized carbons (Fsp3) is 0.941. The molecular weight excluding hydrogens is 402 g/mol. The average Bonchev–Trinajstić information content (AvgIpc) is 2.65. The maximum Gasteiger partial charge on any atom is 0.540 e. The third-order valence-electron chi connectivity index (χ3n) is 3.49. The van der Waals surface area contributed by atoms with Crippen molar-refractivity contribution in [1.82, 2.24) is 5.32 Å². The number of carbonyl (C=O) groups is 1. The van der Waals surface area contributed by atoms with Crippen LogP contribution in [-0.4, -0.2) is 76.1 Å². The Morgan fingerprint density at radius 1 is 0.679 bits per heavy atom. The lowest BCUT2D eigenvalue weighted by Gasteiger charge is -2.28. The second kappa shape index (κ2) is 16.3. The van der Waals surface area contributed by atoms with Gasteiger partial charge in [0.15, 0.2) is 6.23 Å². The Hall–Kier alpha value is -0.536. The van der Waals surface area contributed by atoms with Crippen LogP contribution in [-0.2, 0) is 31.3 Å². The van der Waals surface area contributed by atoms with Gasteiger partial charge in [-0.3, -0.25) is 0 Å². The predicted octanol–water partition coefficient (Wildman–Crippen LogP) is 2.74. The van der Waals surface area contributed by atoms with Crippen molar-refractivity contribution in [2.45, 2.75) is 54.0 Å². The molecule has 0 radical (unpaired) electrons. The first kappa shape index (κ1) is 27.5. The summed E-state index contributed by atoms with van der Waals surface area (Å²) in [5, 5.41) is 2.73. The van der Waals surface area contributed by atoms with E-state index in [1.54, 1.807) is 0 Å². The molecule has 0 aliphatic heterocycles. The number of amides is 1. The fourth-order valence-corrected chi connectivity index (χ4v) is 7.35. The third kappa shape index (κ3) is 10.9. The summed E-state index contributed by atoms with van der Waals surface area (Å²) in [5.74, 6) is 0. The van der Waals surface area contributed by atoms with E-state index in [4.69, 9.17) is 31.3 Å². The van der Waals surface area contributed by atoms with Gasteiger partial charge >= 0.3 is 23.7 Å². The normalized spacial score (nSPS) is 12.2. The molecule has 0 saturated carbocycles.